The van der Waals surface area contributed by atoms with Crippen molar-refractivity contribution >= 4 is 0 Å². The highest BCUT2D eigenvalue weighted by Gasteiger charge is 2.42. The first-order valence-corrected chi connectivity index (χ1v) is 8.00. The first-order valence-electron chi connectivity index (χ1n) is 8.00. The maximum absolute atomic E-state index is 10.9. The van der Waals surface area contributed by atoms with Crippen molar-refractivity contribution < 1.29 is 10.2 Å². The highest BCUT2D eigenvalue weighted by atomic mass is 16.3. The SMILES string of the molecule is Cc1ccc(C2(O)CCC(O)(c3ccc(C)cc3)CC2)cc1. The van der Waals surface area contributed by atoms with Gasteiger partial charge >= 0.3 is 0 Å². The Morgan fingerprint density at radius 1 is 0.591 bits per heavy atom. The number of hydrogen-bond acceptors (Lipinski definition) is 2. The minimum atomic E-state index is -0.815. The van der Waals surface area contributed by atoms with E-state index < -0.39 is 11.2 Å². The van der Waals surface area contributed by atoms with Gasteiger partial charge in [-0.25, -0.2) is 0 Å². The van der Waals surface area contributed by atoms with Gasteiger partial charge in [-0.2, -0.15) is 0 Å². The molecule has 3 rings (SSSR count). The van der Waals surface area contributed by atoms with Crippen LogP contribution in [0, 0.1) is 13.8 Å². The standard InChI is InChI=1S/C20H24O2/c1-15-3-7-17(8-4-15)19(21)11-13-20(22,14-12-19)18-9-5-16(2)6-10-18/h3-10,21-22H,11-14H2,1-2H3. The van der Waals surface area contributed by atoms with Crippen molar-refractivity contribution in [2.45, 2.75) is 50.7 Å². The zero-order chi connectivity index (χ0) is 15.8. The first kappa shape index (κ1) is 15.3. The van der Waals surface area contributed by atoms with Gasteiger partial charge in [0.15, 0.2) is 0 Å². The molecule has 0 unspecified atom stereocenters. The van der Waals surface area contributed by atoms with E-state index in [0.717, 1.165) is 11.1 Å². The van der Waals surface area contributed by atoms with E-state index in [1.165, 1.54) is 11.1 Å². The summed E-state index contributed by atoms with van der Waals surface area (Å²) in [7, 11) is 0. The van der Waals surface area contributed by atoms with E-state index in [2.05, 4.69) is 0 Å². The molecule has 0 saturated heterocycles. The average Bonchev–Trinajstić information content (AvgIpc) is 2.52. The highest BCUT2D eigenvalue weighted by molar-refractivity contribution is 5.30. The molecule has 22 heavy (non-hydrogen) atoms. The van der Waals surface area contributed by atoms with Crippen LogP contribution in [0.5, 0.6) is 0 Å². The van der Waals surface area contributed by atoms with Crippen LogP contribution in [0.2, 0.25) is 0 Å². The van der Waals surface area contributed by atoms with E-state index in [0.29, 0.717) is 25.7 Å². The van der Waals surface area contributed by atoms with Crippen LogP contribution >= 0.6 is 0 Å². The molecule has 2 aromatic carbocycles. The lowest BCUT2D eigenvalue weighted by Crippen LogP contribution is -2.39. The monoisotopic (exact) mass is 296 g/mol. The van der Waals surface area contributed by atoms with Crippen molar-refractivity contribution in [3.63, 3.8) is 0 Å². The van der Waals surface area contributed by atoms with Crippen molar-refractivity contribution in [2.75, 3.05) is 0 Å². The zero-order valence-corrected chi connectivity index (χ0v) is 13.3. The third kappa shape index (κ3) is 2.81. The summed E-state index contributed by atoms with van der Waals surface area (Å²) in [6, 6.07) is 16.2. The lowest BCUT2D eigenvalue weighted by Gasteiger charge is -2.41. The summed E-state index contributed by atoms with van der Waals surface area (Å²) in [5.74, 6) is 0. The highest BCUT2D eigenvalue weighted by Crippen LogP contribution is 2.45. The van der Waals surface area contributed by atoms with Crippen LogP contribution in [0.3, 0.4) is 0 Å². The summed E-state index contributed by atoms with van der Waals surface area (Å²) in [5, 5.41) is 21.9. The van der Waals surface area contributed by atoms with Crippen molar-refractivity contribution in [2.24, 2.45) is 0 Å². The summed E-state index contributed by atoms with van der Waals surface area (Å²) >= 11 is 0. The van der Waals surface area contributed by atoms with Gasteiger partial charge in [0.25, 0.3) is 0 Å². The molecule has 0 atom stereocenters. The normalized spacial score (nSPS) is 28.5. The number of aliphatic hydroxyl groups is 2. The maximum atomic E-state index is 10.9. The maximum Gasteiger partial charge on any atom is 0.0899 e. The number of aryl methyl sites for hydroxylation is 2. The van der Waals surface area contributed by atoms with Crippen molar-refractivity contribution in [1.82, 2.24) is 0 Å². The Labute approximate surface area is 132 Å². The fourth-order valence-electron chi connectivity index (χ4n) is 3.38. The van der Waals surface area contributed by atoms with Crippen LogP contribution in [0.1, 0.15) is 47.9 Å². The molecule has 1 fully saturated rings. The van der Waals surface area contributed by atoms with Gasteiger partial charge in [-0.15, -0.1) is 0 Å². The molecule has 116 valence electrons. The largest absolute Gasteiger partial charge is 0.385 e. The molecular formula is C20H24O2. The molecule has 0 spiro atoms. The molecular weight excluding hydrogens is 272 g/mol. The lowest BCUT2D eigenvalue weighted by molar-refractivity contribution is -0.0883. The summed E-state index contributed by atoms with van der Waals surface area (Å²) in [6.07, 6.45) is 2.34. The molecule has 2 heteroatoms. The predicted molar refractivity (Wildman–Crippen MR) is 88.6 cm³/mol. The van der Waals surface area contributed by atoms with Gasteiger partial charge < -0.3 is 10.2 Å². The van der Waals surface area contributed by atoms with Crippen molar-refractivity contribution in [3.05, 3.63) is 70.8 Å². The van der Waals surface area contributed by atoms with E-state index in [4.69, 9.17) is 0 Å². The fraction of sp³-hybridized carbons (Fsp3) is 0.400. The summed E-state index contributed by atoms with van der Waals surface area (Å²) in [4.78, 5) is 0. The second kappa shape index (κ2) is 5.53. The molecule has 1 aliphatic carbocycles. The minimum Gasteiger partial charge on any atom is -0.385 e. The van der Waals surface area contributed by atoms with Gasteiger partial charge in [-0.3, -0.25) is 0 Å². The summed E-state index contributed by atoms with van der Waals surface area (Å²) in [5.41, 5.74) is 2.68. The summed E-state index contributed by atoms with van der Waals surface area (Å²) in [6.45, 7) is 4.09. The minimum absolute atomic E-state index is 0.584. The number of hydrogen-bond donors (Lipinski definition) is 2. The van der Waals surface area contributed by atoms with E-state index in [1.54, 1.807) is 0 Å². The lowest BCUT2D eigenvalue weighted by atomic mass is 9.70. The smallest absolute Gasteiger partial charge is 0.0899 e. The Hall–Kier alpha value is -1.64. The quantitative estimate of drug-likeness (QED) is 0.881. The second-order valence-corrected chi connectivity index (χ2v) is 6.80. The molecule has 0 radical (unpaired) electrons. The third-order valence-electron chi connectivity index (χ3n) is 5.08. The molecule has 2 N–H and O–H groups in total. The van der Waals surface area contributed by atoms with E-state index >= 15 is 0 Å². The van der Waals surface area contributed by atoms with Crippen LogP contribution in [0.4, 0.5) is 0 Å². The molecule has 0 bridgehead atoms. The van der Waals surface area contributed by atoms with Crippen molar-refractivity contribution in [3.8, 4) is 0 Å². The molecule has 0 heterocycles. The molecule has 1 saturated carbocycles. The van der Waals surface area contributed by atoms with Gasteiger partial charge in [0.1, 0.15) is 0 Å². The zero-order valence-electron chi connectivity index (χ0n) is 13.3. The molecule has 1 aliphatic rings. The Balaban J connectivity index is 1.79. The van der Waals surface area contributed by atoms with Crippen LogP contribution in [-0.2, 0) is 11.2 Å². The first-order chi connectivity index (χ1) is 10.4. The van der Waals surface area contributed by atoms with Gasteiger partial charge in [-0.05, 0) is 50.7 Å². The molecule has 2 nitrogen and oxygen atoms in total. The fourth-order valence-corrected chi connectivity index (χ4v) is 3.38. The number of rotatable bonds is 2. The van der Waals surface area contributed by atoms with Crippen LogP contribution in [0.25, 0.3) is 0 Å². The number of benzene rings is 2. The van der Waals surface area contributed by atoms with Crippen LogP contribution in [-0.4, -0.2) is 10.2 Å². The molecule has 2 aromatic rings. The Morgan fingerprint density at radius 3 is 1.14 bits per heavy atom. The van der Waals surface area contributed by atoms with Gasteiger partial charge in [0, 0.05) is 0 Å². The van der Waals surface area contributed by atoms with Crippen LogP contribution < -0.4 is 0 Å². The third-order valence-corrected chi connectivity index (χ3v) is 5.08. The summed E-state index contributed by atoms with van der Waals surface area (Å²) < 4.78 is 0. The average molecular weight is 296 g/mol. The Kier molecular flexibility index (Phi) is 3.84. The Morgan fingerprint density at radius 2 is 0.864 bits per heavy atom. The second-order valence-electron chi connectivity index (χ2n) is 6.80. The molecule has 0 aliphatic heterocycles. The van der Waals surface area contributed by atoms with Gasteiger partial charge in [0.2, 0.25) is 0 Å². The topological polar surface area (TPSA) is 40.5 Å². The van der Waals surface area contributed by atoms with Crippen LogP contribution in [0.15, 0.2) is 48.5 Å². The molecule has 0 amide bonds. The predicted octanol–water partition coefficient (Wildman–Crippen LogP) is 3.95. The Bertz CT molecular complexity index is 573. The van der Waals surface area contributed by atoms with Crippen molar-refractivity contribution in [1.29, 1.82) is 0 Å². The molecule has 0 aromatic heterocycles. The van der Waals surface area contributed by atoms with Gasteiger partial charge in [-0.1, -0.05) is 59.7 Å². The van der Waals surface area contributed by atoms with E-state index in [1.807, 2.05) is 62.4 Å². The van der Waals surface area contributed by atoms with Gasteiger partial charge in [0.05, 0.1) is 11.2 Å². The van der Waals surface area contributed by atoms with E-state index in [-0.39, 0.29) is 0 Å². The van der Waals surface area contributed by atoms with E-state index in [9.17, 15) is 10.2 Å².